The zero-order valence-corrected chi connectivity index (χ0v) is 18.7. The van der Waals surface area contributed by atoms with Crippen molar-refractivity contribution in [1.29, 1.82) is 0 Å². The summed E-state index contributed by atoms with van der Waals surface area (Å²) in [6.45, 7) is 2.38. The number of carbonyl (C=O) groups excluding carboxylic acids is 2. The van der Waals surface area contributed by atoms with Gasteiger partial charge in [-0.3, -0.25) is 14.4 Å². The third kappa shape index (κ3) is 2.45. The van der Waals surface area contributed by atoms with Gasteiger partial charge >= 0.3 is 11.9 Å². The molecule has 0 aromatic rings. The van der Waals surface area contributed by atoms with Crippen molar-refractivity contribution in [2.75, 3.05) is 34.2 Å². The highest BCUT2D eigenvalue weighted by Crippen LogP contribution is 2.74. The minimum absolute atomic E-state index is 0.0401. The van der Waals surface area contributed by atoms with Crippen LogP contribution < -0.4 is 0 Å². The van der Waals surface area contributed by atoms with Crippen LogP contribution in [0.25, 0.3) is 0 Å². The largest absolute Gasteiger partial charge is 0.481 e. The van der Waals surface area contributed by atoms with Crippen molar-refractivity contribution in [3.63, 3.8) is 0 Å². The first kappa shape index (κ1) is 22.0. The highest BCUT2D eigenvalue weighted by atomic mass is 16.8. The van der Waals surface area contributed by atoms with Crippen LogP contribution in [0.1, 0.15) is 45.4 Å². The first-order valence-electron chi connectivity index (χ1n) is 11.2. The van der Waals surface area contributed by atoms with Gasteiger partial charge in [-0.1, -0.05) is 5.57 Å². The first-order valence-corrected chi connectivity index (χ1v) is 11.2. The van der Waals surface area contributed by atoms with E-state index in [1.165, 1.54) is 14.0 Å². The average Bonchev–Trinajstić information content (AvgIpc) is 3.41. The van der Waals surface area contributed by atoms with Gasteiger partial charge in [-0.05, 0) is 44.1 Å². The van der Waals surface area contributed by atoms with Gasteiger partial charge in [0.05, 0.1) is 26.2 Å². The Labute approximate surface area is 186 Å². The number of carboxylic acids is 1. The highest BCUT2D eigenvalue weighted by Gasteiger charge is 2.78. The Morgan fingerprint density at radius 2 is 1.88 bits per heavy atom. The van der Waals surface area contributed by atoms with Gasteiger partial charge in [-0.2, -0.15) is 0 Å². The summed E-state index contributed by atoms with van der Waals surface area (Å²) in [5, 5.41) is 10.5. The third-order valence-corrected chi connectivity index (χ3v) is 8.80. The number of rotatable bonds is 5. The van der Waals surface area contributed by atoms with E-state index in [1.54, 1.807) is 7.11 Å². The number of hydrogen-bond acceptors (Lipinski definition) is 8. The van der Waals surface area contributed by atoms with E-state index in [9.17, 15) is 19.5 Å². The number of aliphatic carboxylic acids is 1. The fourth-order valence-corrected chi connectivity index (χ4v) is 7.69. The second kappa shape index (κ2) is 7.09. The lowest BCUT2D eigenvalue weighted by atomic mass is 9.61. The Morgan fingerprint density at radius 1 is 1.16 bits per heavy atom. The van der Waals surface area contributed by atoms with Gasteiger partial charge in [0.15, 0.2) is 11.6 Å². The molecule has 9 nitrogen and oxygen atoms in total. The van der Waals surface area contributed by atoms with Crippen LogP contribution in [0.15, 0.2) is 11.1 Å². The molecule has 3 fully saturated rings. The van der Waals surface area contributed by atoms with Crippen molar-refractivity contribution in [2.45, 2.75) is 56.8 Å². The van der Waals surface area contributed by atoms with Crippen LogP contribution in [-0.2, 0) is 38.1 Å². The lowest BCUT2D eigenvalue weighted by Gasteiger charge is -2.45. The number of Topliss-reactive ketones (excluding diaryl/α,β-unsaturated/α-hetero) is 1. The lowest BCUT2D eigenvalue weighted by molar-refractivity contribution is -0.289. The number of hydrogen-bond donors (Lipinski definition) is 1. The zero-order valence-electron chi connectivity index (χ0n) is 18.7. The molecule has 2 bridgehead atoms. The Balaban J connectivity index is 1.68. The van der Waals surface area contributed by atoms with Gasteiger partial charge < -0.3 is 28.8 Å². The molecule has 32 heavy (non-hydrogen) atoms. The fourth-order valence-electron chi connectivity index (χ4n) is 7.69. The summed E-state index contributed by atoms with van der Waals surface area (Å²) >= 11 is 0. The molecule has 0 unspecified atom stereocenters. The van der Waals surface area contributed by atoms with Crippen LogP contribution in [0.4, 0.5) is 0 Å². The van der Waals surface area contributed by atoms with Crippen molar-refractivity contribution in [3.8, 4) is 0 Å². The first-order chi connectivity index (χ1) is 15.2. The van der Waals surface area contributed by atoms with E-state index in [0.717, 1.165) is 5.57 Å². The molecule has 1 heterocycles. The molecule has 176 valence electrons. The minimum atomic E-state index is -1.60. The Kier molecular flexibility index (Phi) is 4.88. The SMILES string of the molecule is COCO[C@]12CC[C@H]3C4=C([C@@H](C(=O)O)[C@@]3(CC13OCCO3)C2)[C@](C)(C(=O)OC)C(=O)CC4. The van der Waals surface area contributed by atoms with Crippen LogP contribution in [0.2, 0.25) is 0 Å². The fraction of sp³-hybridized carbons (Fsp3) is 0.783. The number of carboxylic acid groups (broad SMARTS) is 1. The molecule has 0 aromatic heterocycles. The number of ketones is 1. The summed E-state index contributed by atoms with van der Waals surface area (Å²) in [7, 11) is 2.78. The molecule has 9 heteroatoms. The third-order valence-electron chi connectivity index (χ3n) is 8.80. The van der Waals surface area contributed by atoms with Gasteiger partial charge in [0, 0.05) is 25.4 Å². The lowest BCUT2D eigenvalue weighted by Crippen LogP contribution is -2.54. The van der Waals surface area contributed by atoms with Crippen molar-refractivity contribution >= 4 is 17.7 Å². The van der Waals surface area contributed by atoms with Crippen LogP contribution in [-0.4, -0.2) is 68.4 Å². The molecule has 5 rings (SSSR count). The normalized spacial score (nSPS) is 41.7. The molecular formula is C23H30O9. The summed E-state index contributed by atoms with van der Waals surface area (Å²) < 4.78 is 28.8. The van der Waals surface area contributed by atoms with Gasteiger partial charge in [-0.15, -0.1) is 0 Å². The standard InChI is InChI=1S/C23H30O9/c1-20(19(27)29-3)15(24)5-4-13-14-6-7-22(32-12-28-2)10-21(14,17(16(13)20)18(25)26)11-23(22)30-8-9-31-23/h14,17H,4-12H2,1-3H3,(H,25,26)/t14-,17-,20+,21+,22-/m0/s1. The number of carbonyl (C=O) groups is 3. The van der Waals surface area contributed by atoms with Crippen LogP contribution in [0.5, 0.6) is 0 Å². The van der Waals surface area contributed by atoms with Gasteiger partial charge in [-0.25, -0.2) is 0 Å². The molecule has 5 aliphatic rings. The minimum Gasteiger partial charge on any atom is -0.481 e. The maximum Gasteiger partial charge on any atom is 0.323 e. The van der Waals surface area contributed by atoms with E-state index in [-0.39, 0.29) is 24.9 Å². The Morgan fingerprint density at radius 3 is 2.50 bits per heavy atom. The van der Waals surface area contributed by atoms with Crippen molar-refractivity contribution in [1.82, 2.24) is 0 Å². The Hall–Kier alpha value is -1.81. The monoisotopic (exact) mass is 450 g/mol. The molecule has 4 aliphatic carbocycles. The zero-order chi connectivity index (χ0) is 22.9. The summed E-state index contributed by atoms with van der Waals surface area (Å²) in [6, 6.07) is 0. The summed E-state index contributed by atoms with van der Waals surface area (Å²) in [6.07, 6.45) is 2.71. The molecule has 2 spiro atoms. The molecule has 2 saturated carbocycles. The smallest absolute Gasteiger partial charge is 0.323 e. The van der Waals surface area contributed by atoms with Crippen molar-refractivity contribution in [2.24, 2.45) is 22.7 Å². The van der Waals surface area contributed by atoms with E-state index in [2.05, 4.69) is 0 Å². The van der Waals surface area contributed by atoms with Gasteiger partial charge in [0.25, 0.3) is 0 Å². The van der Waals surface area contributed by atoms with Crippen LogP contribution in [0.3, 0.4) is 0 Å². The topological polar surface area (TPSA) is 118 Å². The molecule has 1 N–H and O–H groups in total. The van der Waals surface area contributed by atoms with Crippen LogP contribution >= 0.6 is 0 Å². The average molecular weight is 450 g/mol. The number of allylic oxidation sites excluding steroid dienone is 1. The molecule has 1 aliphatic heterocycles. The second-order valence-corrected chi connectivity index (χ2v) is 9.92. The molecule has 1 saturated heterocycles. The van der Waals surface area contributed by atoms with E-state index in [1.807, 2.05) is 0 Å². The van der Waals surface area contributed by atoms with E-state index >= 15 is 0 Å². The maximum atomic E-state index is 13.1. The summed E-state index contributed by atoms with van der Waals surface area (Å²) in [5.41, 5.74) is -1.85. The van der Waals surface area contributed by atoms with Gasteiger partial charge in [0.2, 0.25) is 0 Å². The predicted molar refractivity (Wildman–Crippen MR) is 107 cm³/mol. The molecule has 0 aromatic carbocycles. The molecule has 0 amide bonds. The number of methoxy groups -OCH3 is 2. The molecular weight excluding hydrogens is 420 g/mol. The number of fused-ring (bicyclic) bond motifs is 3. The number of esters is 1. The van der Waals surface area contributed by atoms with Crippen molar-refractivity contribution < 1.29 is 43.2 Å². The van der Waals surface area contributed by atoms with E-state index in [0.29, 0.717) is 50.9 Å². The predicted octanol–water partition coefficient (Wildman–Crippen LogP) is 1.83. The summed E-state index contributed by atoms with van der Waals surface area (Å²) in [4.78, 5) is 38.9. The van der Waals surface area contributed by atoms with Crippen LogP contribution in [0, 0.1) is 22.7 Å². The summed E-state index contributed by atoms with van der Waals surface area (Å²) in [5.74, 6) is -4.18. The quantitative estimate of drug-likeness (QED) is 0.290. The number of ether oxygens (including phenoxy) is 5. The van der Waals surface area contributed by atoms with Crippen molar-refractivity contribution in [3.05, 3.63) is 11.1 Å². The van der Waals surface area contributed by atoms with E-state index in [4.69, 9.17) is 23.7 Å². The van der Waals surface area contributed by atoms with E-state index < -0.39 is 40.1 Å². The molecule has 0 radical (unpaired) electrons. The Bertz CT molecular complexity index is 903. The molecule has 5 atom stereocenters. The maximum absolute atomic E-state index is 13.1. The van der Waals surface area contributed by atoms with Gasteiger partial charge in [0.1, 0.15) is 17.8 Å². The second-order valence-electron chi connectivity index (χ2n) is 9.92. The highest BCUT2D eigenvalue weighted by molar-refractivity contribution is 6.09.